The Morgan fingerprint density at radius 1 is 0.978 bits per heavy atom. The molecule has 0 aliphatic carbocycles. The normalized spacial score (nSPS) is 19.6. The van der Waals surface area contributed by atoms with E-state index in [2.05, 4.69) is 17.1 Å². The van der Waals surface area contributed by atoms with Gasteiger partial charge in [-0.1, -0.05) is 24.3 Å². The van der Waals surface area contributed by atoms with Gasteiger partial charge in [0.1, 0.15) is 18.2 Å². The van der Waals surface area contributed by atoms with E-state index < -0.39 is 23.5 Å². The zero-order valence-electron chi connectivity index (χ0n) is 25.5. The highest BCUT2D eigenvalue weighted by atomic mass is 19.1. The molecule has 2 aromatic carbocycles. The standard InChI is InChI=1S/C35H39F2N3O5/c1-22-17-25(23-7-14-40(15-8-23)34(41)27-11-16-44-20-27)5-6-26(22)21-45-33-29(18-28(36)19-30(33)37)31-3-2-4-32(38-31)39-12-9-24(10-13-39)35(42)43/h2-6,17-19,23-24,27H,7-16,20-21H2,1H3,(H,42,43)/p-1/t27-/m0/s1. The molecular weight excluding hydrogens is 580 g/mol. The fraction of sp³-hybridized carbons (Fsp3) is 0.457. The summed E-state index contributed by atoms with van der Waals surface area (Å²) in [5.74, 6) is -1.99. The van der Waals surface area contributed by atoms with E-state index in [9.17, 15) is 19.1 Å². The monoisotopic (exact) mass is 618 g/mol. The summed E-state index contributed by atoms with van der Waals surface area (Å²) in [6.45, 7) is 5.76. The number of nitrogens with zero attached hydrogens (tertiary/aromatic N) is 3. The first kappa shape index (κ1) is 31.0. The van der Waals surface area contributed by atoms with Crippen molar-refractivity contribution in [1.29, 1.82) is 0 Å². The molecule has 8 nitrogen and oxygen atoms in total. The van der Waals surface area contributed by atoms with Crippen molar-refractivity contribution in [1.82, 2.24) is 9.88 Å². The molecule has 0 bridgehead atoms. The third kappa shape index (κ3) is 6.96. The summed E-state index contributed by atoms with van der Waals surface area (Å²) in [5.41, 5.74) is 3.68. The molecule has 0 saturated carbocycles. The number of aryl methyl sites for hydroxylation is 1. The van der Waals surface area contributed by atoms with Gasteiger partial charge in [-0.05, 0) is 79.8 Å². The lowest BCUT2D eigenvalue weighted by atomic mass is 9.87. The molecule has 3 aliphatic rings. The number of carboxylic acid groups (broad SMARTS) is 1. The Balaban J connectivity index is 1.13. The van der Waals surface area contributed by atoms with E-state index in [1.54, 1.807) is 18.2 Å². The first-order valence-electron chi connectivity index (χ1n) is 15.8. The number of amides is 1. The zero-order chi connectivity index (χ0) is 31.5. The molecule has 6 rings (SSSR count). The van der Waals surface area contributed by atoms with Crippen molar-refractivity contribution in [2.45, 2.75) is 51.6 Å². The number of carboxylic acids is 1. The number of aliphatic carboxylic acids is 1. The number of carbonyl (C=O) groups excluding carboxylic acids is 2. The second-order valence-corrected chi connectivity index (χ2v) is 12.4. The van der Waals surface area contributed by atoms with Crippen LogP contribution in [0.2, 0.25) is 0 Å². The molecule has 238 valence electrons. The van der Waals surface area contributed by atoms with Crippen molar-refractivity contribution < 1.29 is 33.0 Å². The van der Waals surface area contributed by atoms with Gasteiger partial charge < -0.3 is 29.2 Å². The molecule has 0 radical (unpaired) electrons. The van der Waals surface area contributed by atoms with Crippen LogP contribution in [0.5, 0.6) is 5.75 Å². The highest BCUT2D eigenvalue weighted by Gasteiger charge is 2.31. The summed E-state index contributed by atoms with van der Waals surface area (Å²) in [6, 6.07) is 13.5. The van der Waals surface area contributed by atoms with Crippen LogP contribution >= 0.6 is 0 Å². The Labute approximate surface area is 262 Å². The van der Waals surface area contributed by atoms with Crippen LogP contribution in [0.3, 0.4) is 0 Å². The largest absolute Gasteiger partial charge is 0.550 e. The first-order chi connectivity index (χ1) is 21.8. The fourth-order valence-corrected chi connectivity index (χ4v) is 6.70. The molecule has 3 aliphatic heterocycles. The lowest BCUT2D eigenvalue weighted by Crippen LogP contribution is -2.41. The molecule has 45 heavy (non-hydrogen) atoms. The molecule has 3 fully saturated rings. The van der Waals surface area contributed by atoms with Crippen LogP contribution in [0, 0.1) is 30.4 Å². The molecule has 1 amide bonds. The van der Waals surface area contributed by atoms with E-state index in [1.807, 2.05) is 22.8 Å². The number of rotatable bonds is 8. The molecule has 4 heterocycles. The maximum atomic E-state index is 15.2. The van der Waals surface area contributed by atoms with Crippen molar-refractivity contribution in [3.05, 3.63) is 76.9 Å². The van der Waals surface area contributed by atoms with Gasteiger partial charge in [-0.3, -0.25) is 4.79 Å². The van der Waals surface area contributed by atoms with Crippen LogP contribution < -0.4 is 14.7 Å². The Morgan fingerprint density at radius 3 is 2.44 bits per heavy atom. The quantitative estimate of drug-likeness (QED) is 0.364. The van der Waals surface area contributed by atoms with Crippen molar-refractivity contribution in [3.8, 4) is 17.0 Å². The van der Waals surface area contributed by atoms with E-state index in [0.29, 0.717) is 56.6 Å². The molecule has 0 unspecified atom stereocenters. The smallest absolute Gasteiger partial charge is 0.228 e. The van der Waals surface area contributed by atoms with E-state index in [4.69, 9.17) is 9.47 Å². The SMILES string of the molecule is Cc1cc(C2CCN(C(=O)[C@H]3CCOC3)CC2)ccc1COc1c(F)cc(F)cc1-c1cccc(N2CCC(C(=O)[O-])CC2)n1. The van der Waals surface area contributed by atoms with Crippen LogP contribution in [0.25, 0.3) is 11.3 Å². The van der Waals surface area contributed by atoms with Gasteiger partial charge >= 0.3 is 0 Å². The number of hydrogen-bond acceptors (Lipinski definition) is 7. The number of likely N-dealkylation sites (tertiary alicyclic amines) is 1. The average Bonchev–Trinajstić information content (AvgIpc) is 3.60. The Hall–Kier alpha value is -4.05. The molecule has 10 heteroatoms. The van der Waals surface area contributed by atoms with E-state index in [1.165, 1.54) is 11.6 Å². The second kappa shape index (κ2) is 13.5. The van der Waals surface area contributed by atoms with E-state index in [0.717, 1.165) is 49.5 Å². The number of pyridine rings is 1. The van der Waals surface area contributed by atoms with Crippen LogP contribution in [0.1, 0.15) is 54.7 Å². The first-order valence-corrected chi connectivity index (χ1v) is 15.8. The van der Waals surface area contributed by atoms with Gasteiger partial charge in [-0.25, -0.2) is 13.8 Å². The molecule has 1 aromatic heterocycles. The van der Waals surface area contributed by atoms with E-state index in [-0.39, 0.29) is 29.7 Å². The predicted octanol–water partition coefficient (Wildman–Crippen LogP) is 4.62. The van der Waals surface area contributed by atoms with Gasteiger partial charge in [0.2, 0.25) is 5.91 Å². The Kier molecular flexibility index (Phi) is 9.30. The highest BCUT2D eigenvalue weighted by Crippen LogP contribution is 2.36. The molecule has 3 saturated heterocycles. The number of piperidine rings is 2. The number of hydrogen-bond donors (Lipinski definition) is 0. The van der Waals surface area contributed by atoms with Gasteiger partial charge in [0.15, 0.2) is 11.6 Å². The predicted molar refractivity (Wildman–Crippen MR) is 163 cm³/mol. The van der Waals surface area contributed by atoms with Crippen molar-refractivity contribution >= 4 is 17.7 Å². The Bertz CT molecular complexity index is 1540. The van der Waals surface area contributed by atoms with Crippen LogP contribution in [0.4, 0.5) is 14.6 Å². The van der Waals surface area contributed by atoms with Gasteiger partial charge in [0.05, 0.1) is 18.2 Å². The van der Waals surface area contributed by atoms with Crippen LogP contribution in [-0.2, 0) is 20.9 Å². The number of carbonyl (C=O) groups is 2. The lowest BCUT2D eigenvalue weighted by molar-refractivity contribution is -0.312. The third-order valence-corrected chi connectivity index (χ3v) is 9.47. The van der Waals surface area contributed by atoms with Crippen molar-refractivity contribution in [2.24, 2.45) is 11.8 Å². The zero-order valence-corrected chi connectivity index (χ0v) is 25.5. The van der Waals surface area contributed by atoms with Gasteiger partial charge in [0, 0.05) is 56.3 Å². The van der Waals surface area contributed by atoms with Crippen LogP contribution in [-0.4, -0.2) is 61.2 Å². The summed E-state index contributed by atoms with van der Waals surface area (Å²) >= 11 is 0. The summed E-state index contributed by atoms with van der Waals surface area (Å²) in [5, 5.41) is 11.2. The minimum absolute atomic E-state index is 0.00421. The average molecular weight is 619 g/mol. The van der Waals surface area contributed by atoms with Gasteiger partial charge in [0.25, 0.3) is 0 Å². The van der Waals surface area contributed by atoms with Gasteiger partial charge in [-0.2, -0.15) is 0 Å². The molecule has 0 spiro atoms. The summed E-state index contributed by atoms with van der Waals surface area (Å²) < 4.78 is 41.0. The number of ether oxygens (including phenoxy) is 2. The lowest BCUT2D eigenvalue weighted by Gasteiger charge is -2.33. The number of aromatic nitrogens is 1. The fourth-order valence-electron chi connectivity index (χ4n) is 6.70. The topological polar surface area (TPSA) is 95.0 Å². The minimum Gasteiger partial charge on any atom is -0.550 e. The molecule has 1 atom stereocenters. The third-order valence-electron chi connectivity index (χ3n) is 9.47. The molecular formula is C35H38F2N3O5-. The maximum absolute atomic E-state index is 15.2. The Morgan fingerprint density at radius 2 is 1.76 bits per heavy atom. The number of anilines is 1. The minimum atomic E-state index is -1.04. The summed E-state index contributed by atoms with van der Waals surface area (Å²) in [6.07, 6.45) is 3.51. The number of benzene rings is 2. The van der Waals surface area contributed by atoms with Crippen LogP contribution in [0.15, 0.2) is 48.5 Å². The second-order valence-electron chi connectivity index (χ2n) is 12.4. The van der Waals surface area contributed by atoms with Gasteiger partial charge in [-0.15, -0.1) is 0 Å². The number of halogens is 2. The summed E-state index contributed by atoms with van der Waals surface area (Å²) in [7, 11) is 0. The van der Waals surface area contributed by atoms with Crippen molar-refractivity contribution in [2.75, 3.05) is 44.3 Å². The van der Waals surface area contributed by atoms with Crippen molar-refractivity contribution in [3.63, 3.8) is 0 Å². The molecule has 0 N–H and O–H groups in total. The molecule has 3 aromatic rings. The maximum Gasteiger partial charge on any atom is 0.228 e. The van der Waals surface area contributed by atoms with E-state index >= 15 is 4.39 Å². The highest BCUT2D eigenvalue weighted by molar-refractivity contribution is 5.79. The summed E-state index contributed by atoms with van der Waals surface area (Å²) in [4.78, 5) is 32.6.